The zero-order valence-electron chi connectivity index (χ0n) is 11.4. The number of carbonyl (C=O) groups is 2. The Balaban J connectivity index is 2.33. The van der Waals surface area contributed by atoms with Crippen LogP contribution in [-0.4, -0.2) is 59.5 Å². The van der Waals surface area contributed by atoms with Gasteiger partial charge in [-0.1, -0.05) is 6.92 Å². The van der Waals surface area contributed by atoms with Crippen LogP contribution in [0, 0.1) is 5.92 Å². The van der Waals surface area contributed by atoms with Crippen molar-refractivity contribution in [1.29, 1.82) is 0 Å². The number of amides is 1. The summed E-state index contributed by atoms with van der Waals surface area (Å²) in [6.07, 6.45) is 2.95. The first kappa shape index (κ1) is 15.0. The molecular weight excluding hydrogens is 232 g/mol. The summed E-state index contributed by atoms with van der Waals surface area (Å²) in [5.41, 5.74) is 0. The molecule has 0 aromatic rings. The second-order valence-electron chi connectivity index (χ2n) is 4.97. The van der Waals surface area contributed by atoms with Crippen LogP contribution in [-0.2, 0) is 9.59 Å². The van der Waals surface area contributed by atoms with Gasteiger partial charge in [0.2, 0.25) is 5.91 Å². The van der Waals surface area contributed by atoms with Gasteiger partial charge < -0.3 is 14.9 Å². The lowest BCUT2D eigenvalue weighted by Crippen LogP contribution is -2.38. The molecule has 1 unspecified atom stereocenters. The SMILES string of the molecule is CCN(CC(C)C(=O)O)C(=O)CCN1CCCC1. The van der Waals surface area contributed by atoms with Crippen LogP contribution in [0.15, 0.2) is 0 Å². The topological polar surface area (TPSA) is 60.9 Å². The zero-order valence-corrected chi connectivity index (χ0v) is 11.4. The molecule has 1 N–H and O–H groups in total. The predicted octanol–water partition coefficient (Wildman–Crippen LogP) is 1.04. The van der Waals surface area contributed by atoms with E-state index in [1.54, 1.807) is 11.8 Å². The number of carbonyl (C=O) groups excluding carboxylic acids is 1. The van der Waals surface area contributed by atoms with E-state index in [1.807, 2.05) is 6.92 Å². The molecule has 0 aromatic heterocycles. The average Bonchev–Trinajstić information content (AvgIpc) is 2.85. The van der Waals surface area contributed by atoms with Gasteiger partial charge in [-0.15, -0.1) is 0 Å². The van der Waals surface area contributed by atoms with Crippen molar-refractivity contribution in [2.75, 3.05) is 32.7 Å². The van der Waals surface area contributed by atoms with Gasteiger partial charge in [-0.05, 0) is 32.9 Å². The van der Waals surface area contributed by atoms with Crippen LogP contribution >= 0.6 is 0 Å². The third-order valence-corrected chi connectivity index (χ3v) is 3.49. The van der Waals surface area contributed by atoms with Gasteiger partial charge in [0.05, 0.1) is 5.92 Å². The van der Waals surface area contributed by atoms with Crippen molar-refractivity contribution in [2.24, 2.45) is 5.92 Å². The Kier molecular flexibility index (Phi) is 6.12. The summed E-state index contributed by atoms with van der Waals surface area (Å²) in [5.74, 6) is -1.28. The van der Waals surface area contributed by atoms with Crippen LogP contribution in [0.4, 0.5) is 0 Å². The molecule has 5 nitrogen and oxygen atoms in total. The van der Waals surface area contributed by atoms with Gasteiger partial charge >= 0.3 is 5.97 Å². The van der Waals surface area contributed by atoms with E-state index in [-0.39, 0.29) is 5.91 Å². The minimum atomic E-state index is -0.846. The maximum Gasteiger partial charge on any atom is 0.308 e. The van der Waals surface area contributed by atoms with E-state index in [4.69, 9.17) is 5.11 Å². The smallest absolute Gasteiger partial charge is 0.308 e. The number of hydrogen-bond acceptors (Lipinski definition) is 3. The molecule has 0 aromatic carbocycles. The maximum absolute atomic E-state index is 12.0. The van der Waals surface area contributed by atoms with Crippen LogP contribution < -0.4 is 0 Å². The lowest BCUT2D eigenvalue weighted by atomic mass is 10.1. The monoisotopic (exact) mass is 256 g/mol. The van der Waals surface area contributed by atoms with Crippen molar-refractivity contribution in [3.8, 4) is 0 Å². The Morgan fingerprint density at radius 3 is 2.44 bits per heavy atom. The number of nitrogens with zero attached hydrogens (tertiary/aromatic N) is 2. The van der Waals surface area contributed by atoms with Crippen molar-refractivity contribution in [3.05, 3.63) is 0 Å². The highest BCUT2D eigenvalue weighted by Gasteiger charge is 2.20. The fourth-order valence-electron chi connectivity index (χ4n) is 2.23. The molecule has 0 aliphatic carbocycles. The number of likely N-dealkylation sites (tertiary alicyclic amines) is 1. The van der Waals surface area contributed by atoms with E-state index < -0.39 is 11.9 Å². The Hall–Kier alpha value is -1.10. The highest BCUT2D eigenvalue weighted by atomic mass is 16.4. The van der Waals surface area contributed by atoms with Gasteiger partial charge in [0.1, 0.15) is 0 Å². The Bertz CT molecular complexity index is 288. The Labute approximate surface area is 109 Å². The molecule has 1 aliphatic rings. The maximum atomic E-state index is 12.0. The molecule has 1 rings (SSSR count). The predicted molar refractivity (Wildman–Crippen MR) is 69.3 cm³/mol. The summed E-state index contributed by atoms with van der Waals surface area (Å²) in [7, 11) is 0. The van der Waals surface area contributed by atoms with Gasteiger partial charge in [-0.2, -0.15) is 0 Å². The quantitative estimate of drug-likeness (QED) is 0.739. The molecule has 0 bridgehead atoms. The normalized spacial score (nSPS) is 17.7. The fraction of sp³-hybridized carbons (Fsp3) is 0.846. The van der Waals surface area contributed by atoms with Crippen LogP contribution in [0.2, 0.25) is 0 Å². The zero-order chi connectivity index (χ0) is 13.5. The number of aliphatic carboxylic acids is 1. The molecule has 1 amide bonds. The van der Waals surface area contributed by atoms with Gasteiger partial charge in [0.25, 0.3) is 0 Å². The van der Waals surface area contributed by atoms with Crippen LogP contribution in [0.5, 0.6) is 0 Å². The van der Waals surface area contributed by atoms with Crippen molar-refractivity contribution in [3.63, 3.8) is 0 Å². The molecule has 1 fully saturated rings. The summed E-state index contributed by atoms with van der Waals surface area (Å²) in [6.45, 7) is 7.40. The minimum absolute atomic E-state index is 0.0671. The Morgan fingerprint density at radius 2 is 1.94 bits per heavy atom. The van der Waals surface area contributed by atoms with Crippen molar-refractivity contribution >= 4 is 11.9 Å². The van der Waals surface area contributed by atoms with Crippen LogP contribution in [0.3, 0.4) is 0 Å². The Morgan fingerprint density at radius 1 is 1.33 bits per heavy atom. The summed E-state index contributed by atoms with van der Waals surface area (Å²) < 4.78 is 0. The van der Waals surface area contributed by atoms with E-state index >= 15 is 0 Å². The largest absolute Gasteiger partial charge is 0.481 e. The van der Waals surface area contributed by atoms with Gasteiger partial charge in [-0.3, -0.25) is 9.59 Å². The van der Waals surface area contributed by atoms with Crippen molar-refractivity contribution in [1.82, 2.24) is 9.80 Å². The van der Waals surface area contributed by atoms with Gasteiger partial charge in [0, 0.05) is 26.1 Å². The number of hydrogen-bond donors (Lipinski definition) is 1. The molecule has 1 aliphatic heterocycles. The van der Waals surface area contributed by atoms with Crippen molar-refractivity contribution < 1.29 is 14.7 Å². The lowest BCUT2D eigenvalue weighted by Gasteiger charge is -2.24. The number of carboxylic acids is 1. The van der Waals surface area contributed by atoms with Crippen LogP contribution in [0.1, 0.15) is 33.1 Å². The summed E-state index contributed by atoms with van der Waals surface area (Å²) in [4.78, 5) is 26.7. The first-order valence-electron chi connectivity index (χ1n) is 6.77. The molecule has 1 atom stereocenters. The highest BCUT2D eigenvalue weighted by Crippen LogP contribution is 2.09. The molecule has 0 radical (unpaired) electrons. The van der Waals surface area contributed by atoms with Gasteiger partial charge in [-0.25, -0.2) is 0 Å². The number of carboxylic acid groups (broad SMARTS) is 1. The van der Waals surface area contributed by atoms with E-state index in [2.05, 4.69) is 4.90 Å². The average molecular weight is 256 g/mol. The highest BCUT2D eigenvalue weighted by molar-refractivity contribution is 5.77. The lowest BCUT2D eigenvalue weighted by molar-refractivity contribution is -0.143. The van der Waals surface area contributed by atoms with E-state index in [0.29, 0.717) is 19.5 Å². The molecule has 18 heavy (non-hydrogen) atoms. The first-order chi connectivity index (χ1) is 8.54. The first-order valence-corrected chi connectivity index (χ1v) is 6.77. The summed E-state index contributed by atoms with van der Waals surface area (Å²) in [5, 5.41) is 8.86. The third kappa shape index (κ3) is 4.64. The van der Waals surface area contributed by atoms with E-state index in [1.165, 1.54) is 12.8 Å². The third-order valence-electron chi connectivity index (χ3n) is 3.49. The van der Waals surface area contributed by atoms with E-state index in [9.17, 15) is 9.59 Å². The molecule has 0 spiro atoms. The molecule has 104 valence electrons. The van der Waals surface area contributed by atoms with Crippen molar-refractivity contribution in [2.45, 2.75) is 33.1 Å². The molecule has 1 heterocycles. The van der Waals surface area contributed by atoms with E-state index in [0.717, 1.165) is 19.6 Å². The fourth-order valence-corrected chi connectivity index (χ4v) is 2.23. The molecule has 0 saturated carbocycles. The number of rotatable bonds is 7. The van der Waals surface area contributed by atoms with Gasteiger partial charge in [0.15, 0.2) is 0 Å². The molecular formula is C13H24N2O3. The molecule has 1 saturated heterocycles. The summed E-state index contributed by atoms with van der Waals surface area (Å²) >= 11 is 0. The summed E-state index contributed by atoms with van der Waals surface area (Å²) in [6, 6.07) is 0. The second-order valence-corrected chi connectivity index (χ2v) is 4.97. The standard InChI is InChI=1S/C13H24N2O3/c1-3-15(10-11(2)13(17)18)12(16)6-9-14-7-4-5-8-14/h11H,3-10H2,1-2H3,(H,17,18). The molecule has 5 heteroatoms. The minimum Gasteiger partial charge on any atom is -0.481 e. The van der Waals surface area contributed by atoms with Crippen LogP contribution in [0.25, 0.3) is 0 Å². The second kappa shape index (κ2) is 7.36.